The minimum Gasteiger partial charge on any atom is -0.386 e. The first-order valence-electron chi connectivity index (χ1n) is 14.9. The van der Waals surface area contributed by atoms with Gasteiger partial charge in [0.2, 0.25) is 0 Å². The number of sulfone groups is 1. The second-order valence-corrected chi connectivity index (χ2v) is 16.6. The van der Waals surface area contributed by atoms with E-state index in [2.05, 4.69) is 4.98 Å². The predicted octanol–water partition coefficient (Wildman–Crippen LogP) is -0.826. The van der Waals surface area contributed by atoms with Crippen LogP contribution in [0.5, 0.6) is 0 Å². The van der Waals surface area contributed by atoms with E-state index in [0.717, 1.165) is 46.2 Å². The third-order valence-corrected chi connectivity index (χ3v) is 8.26. The minimum absolute atomic E-state index is 0.0562. The van der Waals surface area contributed by atoms with Gasteiger partial charge in [-0.1, -0.05) is 41.5 Å². The summed E-state index contributed by atoms with van der Waals surface area (Å²) in [5, 5.41) is 29.6. The molecule has 2 aliphatic heterocycles. The first kappa shape index (κ1) is 41.3. The fraction of sp³-hybridized carbons (Fsp3) is 0.655. The second kappa shape index (κ2) is 15.3. The topological polar surface area (TPSA) is 273 Å². The number of aromatic nitrogens is 4. The number of nitrogens with zero attached hydrogens (tertiary/aromatic N) is 4. The fourth-order valence-electron chi connectivity index (χ4n) is 5.70. The van der Waals surface area contributed by atoms with Crippen LogP contribution in [0.15, 0.2) is 43.7 Å². The number of rotatable bonds is 6. The van der Waals surface area contributed by atoms with Crippen LogP contribution in [-0.2, 0) is 45.1 Å². The highest BCUT2D eigenvalue weighted by Crippen LogP contribution is 2.43. The van der Waals surface area contributed by atoms with Gasteiger partial charge in [0, 0.05) is 48.9 Å². The van der Waals surface area contributed by atoms with Crippen molar-refractivity contribution >= 4 is 20.0 Å². The van der Waals surface area contributed by atoms with Crippen molar-refractivity contribution in [3.63, 3.8) is 0 Å². The SMILES string of the molecule is CC(C)[C@H]1O[C@@](C#N)(n2ccc(=O)[nH]c2=O)[C@H](O)[C@@H]1C.CC(C)[C@H]1O[C@@](C#N)(n2ccc(=O)[nH]c2=O)[C@H](OS(C)(=O)=O)[C@@H]1C.CS(C)(=O)=O. The molecule has 2 aliphatic rings. The number of aromatic amines is 2. The van der Waals surface area contributed by atoms with Crippen molar-refractivity contribution in [2.75, 3.05) is 18.8 Å². The first-order chi connectivity index (χ1) is 22.3. The molecule has 18 nitrogen and oxygen atoms in total. The van der Waals surface area contributed by atoms with E-state index in [1.807, 2.05) is 44.8 Å². The summed E-state index contributed by atoms with van der Waals surface area (Å²) in [4.78, 5) is 50.5. The number of aliphatic hydroxyl groups is 1. The smallest absolute Gasteiger partial charge is 0.331 e. The molecule has 8 atom stereocenters. The Morgan fingerprint density at radius 3 is 1.49 bits per heavy atom. The van der Waals surface area contributed by atoms with E-state index >= 15 is 0 Å². The van der Waals surface area contributed by atoms with Gasteiger partial charge in [0.15, 0.2) is 0 Å². The molecular formula is C29H42N6O12S2. The van der Waals surface area contributed by atoms with Crippen molar-refractivity contribution < 1.29 is 35.6 Å². The minimum atomic E-state index is -3.92. The van der Waals surface area contributed by atoms with Crippen molar-refractivity contribution in [1.82, 2.24) is 19.1 Å². The van der Waals surface area contributed by atoms with Crippen LogP contribution >= 0.6 is 0 Å². The average molecular weight is 731 g/mol. The Morgan fingerprint density at radius 1 is 0.796 bits per heavy atom. The Kier molecular flexibility index (Phi) is 12.9. The quantitative estimate of drug-likeness (QED) is 0.306. The van der Waals surface area contributed by atoms with Gasteiger partial charge in [-0.2, -0.15) is 18.9 Å². The molecule has 4 heterocycles. The molecule has 3 N–H and O–H groups in total. The van der Waals surface area contributed by atoms with Gasteiger partial charge in [0.25, 0.3) is 32.7 Å². The molecule has 0 aliphatic carbocycles. The first-order valence-corrected chi connectivity index (χ1v) is 19.0. The molecular weight excluding hydrogens is 688 g/mol. The highest BCUT2D eigenvalue weighted by Gasteiger charge is 2.59. The predicted molar refractivity (Wildman–Crippen MR) is 174 cm³/mol. The maximum absolute atomic E-state index is 12.2. The highest BCUT2D eigenvalue weighted by atomic mass is 32.2. The van der Waals surface area contributed by atoms with Crippen molar-refractivity contribution in [3.05, 3.63) is 66.2 Å². The van der Waals surface area contributed by atoms with E-state index in [0.29, 0.717) is 0 Å². The molecule has 0 aromatic carbocycles. The van der Waals surface area contributed by atoms with Crippen LogP contribution in [0.2, 0.25) is 0 Å². The zero-order valence-corrected chi connectivity index (χ0v) is 30.1. The molecule has 4 rings (SSSR count). The lowest BCUT2D eigenvalue weighted by Gasteiger charge is -2.29. The van der Waals surface area contributed by atoms with E-state index in [4.69, 9.17) is 13.7 Å². The number of hydrogen-bond acceptors (Lipinski definition) is 14. The number of aliphatic hydroxyl groups excluding tert-OH is 1. The standard InChI is InChI=1S/C14H19N3O6S.C13H17N3O4.C2H6O2S/c1-8(2)11-9(3)12(23-24(4,20)21)14(7-15,22-11)17-6-5-10(18)16-13(17)19;1-7(2)10-8(3)11(18)13(6-14,20-10)16-5-4-9(17)15-12(16)19;1-5(2,3)4/h5-6,8-9,11-12H,1-4H3,(H,16,18,19);4-5,7-8,10-11,18H,1-3H3,(H,15,17,19);1-2H3/t9-,11-,12-,14-;8-,10-,11-,13-;/m11./s1. The normalized spacial score (nSPS) is 29.7. The van der Waals surface area contributed by atoms with Gasteiger partial charge in [-0.3, -0.25) is 32.9 Å². The molecule has 0 amide bonds. The Bertz CT molecular complexity index is 2030. The Morgan fingerprint density at radius 2 is 1.16 bits per heavy atom. The lowest BCUT2D eigenvalue weighted by molar-refractivity contribution is -0.109. The zero-order valence-electron chi connectivity index (χ0n) is 28.5. The molecule has 0 spiro atoms. The van der Waals surface area contributed by atoms with Gasteiger partial charge >= 0.3 is 11.4 Å². The van der Waals surface area contributed by atoms with Crippen LogP contribution < -0.4 is 22.5 Å². The Labute approximate surface area is 282 Å². The summed E-state index contributed by atoms with van der Waals surface area (Å²) < 4.78 is 61.0. The van der Waals surface area contributed by atoms with Gasteiger partial charge in [0.05, 0.1) is 18.5 Å². The van der Waals surface area contributed by atoms with E-state index in [9.17, 15) is 51.6 Å². The molecule has 2 aromatic heterocycles. The summed E-state index contributed by atoms with van der Waals surface area (Å²) in [6.45, 7) is 11.0. The van der Waals surface area contributed by atoms with Crippen LogP contribution in [-0.4, -0.2) is 84.2 Å². The number of ether oxygens (including phenoxy) is 2. The van der Waals surface area contributed by atoms with Gasteiger partial charge < -0.3 is 14.6 Å². The molecule has 0 unspecified atom stereocenters. The Balaban J connectivity index is 0.000000303. The van der Waals surface area contributed by atoms with Gasteiger partial charge in [-0.25, -0.2) is 18.0 Å². The largest absolute Gasteiger partial charge is 0.386 e. The lowest BCUT2D eigenvalue weighted by atomic mass is 9.90. The third kappa shape index (κ3) is 9.41. The number of hydrogen-bond donors (Lipinski definition) is 3. The van der Waals surface area contributed by atoms with Gasteiger partial charge in [0.1, 0.15) is 34.2 Å². The maximum Gasteiger partial charge on any atom is 0.331 e. The summed E-state index contributed by atoms with van der Waals surface area (Å²) in [5.74, 6) is -0.778. The maximum atomic E-state index is 12.2. The van der Waals surface area contributed by atoms with E-state index in [-0.39, 0.29) is 23.9 Å². The molecule has 2 fully saturated rings. The number of nitrogens with one attached hydrogen (secondary N) is 2. The summed E-state index contributed by atoms with van der Waals surface area (Å²) >= 11 is 0. The summed E-state index contributed by atoms with van der Waals surface area (Å²) in [7, 11) is -6.58. The molecule has 49 heavy (non-hydrogen) atoms. The third-order valence-electron chi connectivity index (χ3n) is 7.71. The van der Waals surface area contributed by atoms with Crippen LogP contribution in [0, 0.1) is 46.3 Å². The molecule has 2 aromatic rings. The number of H-pyrrole nitrogens is 2. The molecule has 0 radical (unpaired) electrons. The lowest BCUT2D eigenvalue weighted by Crippen LogP contribution is -2.51. The van der Waals surface area contributed by atoms with Gasteiger partial charge in [-0.15, -0.1) is 0 Å². The molecule has 20 heteroatoms. The summed E-state index contributed by atoms with van der Waals surface area (Å²) in [6, 6.07) is 5.92. The van der Waals surface area contributed by atoms with Crippen LogP contribution in [0.4, 0.5) is 0 Å². The monoisotopic (exact) mass is 730 g/mol. The van der Waals surface area contributed by atoms with Crippen LogP contribution in [0.1, 0.15) is 41.5 Å². The Hall–Kier alpha value is -3.92. The fourth-order valence-corrected chi connectivity index (χ4v) is 6.38. The highest BCUT2D eigenvalue weighted by molar-refractivity contribution is 7.89. The average Bonchev–Trinajstić information content (AvgIpc) is 3.38. The van der Waals surface area contributed by atoms with E-state index in [1.54, 1.807) is 13.8 Å². The molecule has 272 valence electrons. The summed E-state index contributed by atoms with van der Waals surface area (Å²) in [6.07, 6.45) is 2.16. The van der Waals surface area contributed by atoms with Crippen molar-refractivity contribution in [3.8, 4) is 12.1 Å². The molecule has 2 saturated heterocycles. The van der Waals surface area contributed by atoms with Crippen molar-refractivity contribution in [2.24, 2.45) is 23.7 Å². The zero-order chi connectivity index (χ0) is 37.9. The van der Waals surface area contributed by atoms with E-state index in [1.165, 1.54) is 6.20 Å². The number of nitriles is 2. The second-order valence-electron chi connectivity index (χ2n) is 12.8. The molecule has 0 bridgehead atoms. The van der Waals surface area contributed by atoms with E-state index < -0.39 is 78.1 Å². The van der Waals surface area contributed by atoms with Gasteiger partial charge in [-0.05, 0) is 11.8 Å². The molecule has 0 saturated carbocycles. The van der Waals surface area contributed by atoms with Crippen molar-refractivity contribution in [2.45, 2.75) is 77.4 Å². The van der Waals surface area contributed by atoms with Crippen LogP contribution in [0.25, 0.3) is 0 Å². The van der Waals surface area contributed by atoms with Crippen molar-refractivity contribution in [1.29, 1.82) is 10.5 Å². The van der Waals surface area contributed by atoms with Crippen LogP contribution in [0.3, 0.4) is 0 Å². The summed E-state index contributed by atoms with van der Waals surface area (Å²) in [5.41, 5.74) is -6.69.